The van der Waals surface area contributed by atoms with Gasteiger partial charge in [0.25, 0.3) is 0 Å². The van der Waals surface area contributed by atoms with Gasteiger partial charge in [-0.15, -0.1) is 0 Å². The molecule has 2 fully saturated rings. The maximum absolute atomic E-state index is 12.8. The molecule has 4 rings (SSSR count). The molecule has 12 heteroatoms. The molecular weight excluding hydrogens is 510 g/mol. The highest BCUT2D eigenvalue weighted by Crippen LogP contribution is 2.23. The second kappa shape index (κ2) is 12.5. The summed E-state index contributed by atoms with van der Waals surface area (Å²) >= 11 is 0. The van der Waals surface area contributed by atoms with Crippen molar-refractivity contribution in [3.63, 3.8) is 0 Å². The van der Waals surface area contributed by atoms with Crippen LogP contribution in [0.25, 0.3) is 5.69 Å². The summed E-state index contributed by atoms with van der Waals surface area (Å²) in [4.78, 5) is 47.6. The van der Waals surface area contributed by atoms with E-state index in [1.165, 1.54) is 4.57 Å². The van der Waals surface area contributed by atoms with Crippen molar-refractivity contribution in [3.05, 3.63) is 52.6 Å². The second-order valence-corrected chi connectivity index (χ2v) is 11.5. The molecule has 0 spiro atoms. The Morgan fingerprint density at radius 3 is 2.15 bits per heavy atom. The Balaban J connectivity index is 1.34. The number of hydrogen-bond acceptors (Lipinski definition) is 8. The van der Waals surface area contributed by atoms with Crippen molar-refractivity contribution in [1.29, 1.82) is 0 Å². The molecule has 2 heterocycles. The Bertz CT molecular complexity index is 1220. The van der Waals surface area contributed by atoms with Crippen LogP contribution in [-0.4, -0.2) is 92.6 Å². The van der Waals surface area contributed by atoms with Crippen molar-refractivity contribution in [3.8, 4) is 5.69 Å². The number of urea groups is 1. The fourth-order valence-corrected chi connectivity index (χ4v) is 5.55. The minimum Gasteiger partial charge on any atom is -0.338 e. The lowest BCUT2D eigenvalue weighted by Crippen LogP contribution is -2.58. The van der Waals surface area contributed by atoms with Crippen LogP contribution in [0.4, 0.5) is 10.6 Å². The van der Waals surface area contributed by atoms with E-state index in [1.54, 1.807) is 35.9 Å². The number of carbonyl (C=O) groups excluding carboxylic acids is 2. The van der Waals surface area contributed by atoms with Crippen LogP contribution in [-0.2, 0) is 11.3 Å². The SMILES string of the molecule is CCN(Cc1ccc(-n2ccc(NC(=O)N3CCN(C(=O)C(C)(C)N)CC3)nc2=O)cc1)C1C[C@@H](N)C[C@@H](N)C1. The minimum absolute atomic E-state index is 0.141. The molecule has 2 aliphatic rings. The largest absolute Gasteiger partial charge is 0.354 e. The predicted octanol–water partition coefficient (Wildman–Crippen LogP) is 0.675. The highest BCUT2D eigenvalue weighted by molar-refractivity contribution is 5.89. The van der Waals surface area contributed by atoms with Crippen LogP contribution in [0.1, 0.15) is 45.6 Å². The summed E-state index contributed by atoms with van der Waals surface area (Å²) in [6.07, 6.45) is 4.38. The molecule has 12 nitrogen and oxygen atoms in total. The molecule has 1 aliphatic carbocycles. The van der Waals surface area contributed by atoms with E-state index in [1.807, 2.05) is 24.3 Å². The van der Waals surface area contributed by atoms with E-state index in [2.05, 4.69) is 22.1 Å². The fraction of sp³-hybridized carbons (Fsp3) is 0.571. The fourth-order valence-electron chi connectivity index (χ4n) is 5.55. The number of rotatable bonds is 7. The number of hydrogen-bond donors (Lipinski definition) is 4. The van der Waals surface area contributed by atoms with Crippen molar-refractivity contribution in [2.45, 2.75) is 70.2 Å². The first-order chi connectivity index (χ1) is 18.9. The number of nitrogens with zero attached hydrogens (tertiary/aromatic N) is 5. The van der Waals surface area contributed by atoms with E-state index in [0.29, 0.717) is 37.9 Å². The average molecular weight is 554 g/mol. The van der Waals surface area contributed by atoms with E-state index in [-0.39, 0.29) is 29.8 Å². The quantitative estimate of drug-likeness (QED) is 0.388. The number of piperazine rings is 1. The van der Waals surface area contributed by atoms with E-state index in [9.17, 15) is 14.4 Å². The highest BCUT2D eigenvalue weighted by Gasteiger charge is 2.31. The summed E-state index contributed by atoms with van der Waals surface area (Å²) in [6, 6.07) is 9.69. The molecule has 1 aromatic carbocycles. The third-order valence-electron chi connectivity index (χ3n) is 7.72. The smallest absolute Gasteiger partial charge is 0.338 e. The third kappa shape index (κ3) is 7.25. The third-order valence-corrected chi connectivity index (χ3v) is 7.72. The summed E-state index contributed by atoms with van der Waals surface area (Å²) in [6.45, 7) is 8.71. The van der Waals surface area contributed by atoms with E-state index >= 15 is 0 Å². The zero-order valence-electron chi connectivity index (χ0n) is 23.8. The molecule has 1 aliphatic heterocycles. The number of amides is 3. The molecule has 7 N–H and O–H groups in total. The molecule has 1 aromatic heterocycles. The van der Waals surface area contributed by atoms with Gasteiger partial charge < -0.3 is 27.0 Å². The van der Waals surface area contributed by atoms with Gasteiger partial charge >= 0.3 is 11.7 Å². The van der Waals surface area contributed by atoms with Crippen LogP contribution in [0, 0.1) is 0 Å². The van der Waals surface area contributed by atoms with Crippen LogP contribution in [0.3, 0.4) is 0 Å². The van der Waals surface area contributed by atoms with E-state index in [4.69, 9.17) is 17.2 Å². The average Bonchev–Trinajstić information content (AvgIpc) is 2.91. The number of carbonyl (C=O) groups is 2. The standard InChI is InChI=1S/C28H43N9O3/c1-4-34(23-16-20(29)15-21(30)17-23)18-19-5-7-22(8-6-19)37-10-9-24(33-27(37)40)32-26(39)36-13-11-35(12-14-36)25(38)28(2,3)31/h5-10,20-21,23H,4,11-18,29-31H2,1-3H3,(H,32,33,39,40)/t20-,21+,23?. The molecule has 3 atom stereocenters. The van der Waals surface area contributed by atoms with Crippen LogP contribution < -0.4 is 28.2 Å². The molecule has 218 valence electrons. The predicted molar refractivity (Wildman–Crippen MR) is 155 cm³/mol. The van der Waals surface area contributed by atoms with Gasteiger partial charge in [0.15, 0.2) is 0 Å². The Morgan fingerprint density at radius 1 is 1.00 bits per heavy atom. The molecular formula is C28H43N9O3. The lowest BCUT2D eigenvalue weighted by molar-refractivity contribution is -0.137. The molecule has 0 bridgehead atoms. The Labute approximate surface area is 235 Å². The van der Waals surface area contributed by atoms with Crippen LogP contribution >= 0.6 is 0 Å². The van der Waals surface area contributed by atoms with Crippen molar-refractivity contribution < 1.29 is 9.59 Å². The first-order valence-electron chi connectivity index (χ1n) is 14.0. The molecule has 1 saturated carbocycles. The van der Waals surface area contributed by atoms with Crippen LogP contribution in [0.15, 0.2) is 41.3 Å². The second-order valence-electron chi connectivity index (χ2n) is 11.5. The molecule has 2 aromatic rings. The number of benzene rings is 1. The monoisotopic (exact) mass is 553 g/mol. The maximum Gasteiger partial charge on any atom is 0.354 e. The highest BCUT2D eigenvalue weighted by atomic mass is 16.2. The van der Waals surface area contributed by atoms with E-state index in [0.717, 1.165) is 37.9 Å². The van der Waals surface area contributed by atoms with Crippen LogP contribution in [0.5, 0.6) is 0 Å². The molecule has 1 saturated heterocycles. The summed E-state index contributed by atoms with van der Waals surface area (Å²) in [5.41, 5.74) is 18.7. The Morgan fingerprint density at radius 2 is 1.60 bits per heavy atom. The molecule has 1 unspecified atom stereocenters. The summed E-state index contributed by atoms with van der Waals surface area (Å²) < 4.78 is 1.44. The first-order valence-corrected chi connectivity index (χ1v) is 14.0. The Kier molecular flexibility index (Phi) is 9.24. The van der Waals surface area contributed by atoms with Gasteiger partial charge in [-0.1, -0.05) is 19.1 Å². The number of nitrogens with one attached hydrogen (secondary N) is 1. The number of anilines is 1. The van der Waals surface area contributed by atoms with Crippen molar-refractivity contribution in [2.75, 3.05) is 38.0 Å². The van der Waals surface area contributed by atoms with Crippen molar-refractivity contribution in [1.82, 2.24) is 24.3 Å². The number of nitrogens with two attached hydrogens (primary N) is 3. The molecule has 0 radical (unpaired) electrons. The molecule has 3 amide bonds. The van der Waals surface area contributed by atoms with Gasteiger partial charge in [-0.3, -0.25) is 19.6 Å². The van der Waals surface area contributed by atoms with Crippen LogP contribution in [0.2, 0.25) is 0 Å². The van der Waals surface area contributed by atoms with Gasteiger partial charge in [0.1, 0.15) is 5.82 Å². The summed E-state index contributed by atoms with van der Waals surface area (Å²) in [5.74, 6) is 0.0270. The lowest BCUT2D eigenvalue weighted by atomic mass is 9.87. The van der Waals surface area contributed by atoms with Gasteiger partial charge in [-0.05, 0) is 63.4 Å². The van der Waals surface area contributed by atoms with Gasteiger partial charge in [-0.2, -0.15) is 4.98 Å². The van der Waals surface area contributed by atoms with Gasteiger partial charge in [0.05, 0.1) is 11.2 Å². The summed E-state index contributed by atoms with van der Waals surface area (Å²) in [7, 11) is 0. The normalized spacial score (nSPS) is 21.9. The van der Waals surface area contributed by atoms with Gasteiger partial charge in [0.2, 0.25) is 5.91 Å². The van der Waals surface area contributed by atoms with Crippen molar-refractivity contribution >= 4 is 17.8 Å². The van der Waals surface area contributed by atoms with Gasteiger partial charge in [0, 0.05) is 57.0 Å². The minimum atomic E-state index is -0.952. The zero-order valence-corrected chi connectivity index (χ0v) is 23.8. The van der Waals surface area contributed by atoms with Gasteiger partial charge in [-0.25, -0.2) is 9.59 Å². The Hall–Kier alpha value is -3.32. The summed E-state index contributed by atoms with van der Waals surface area (Å²) in [5, 5.41) is 2.69. The van der Waals surface area contributed by atoms with Crippen molar-refractivity contribution in [2.24, 2.45) is 17.2 Å². The maximum atomic E-state index is 12.8. The topological polar surface area (TPSA) is 169 Å². The first kappa shape index (κ1) is 29.7. The van der Waals surface area contributed by atoms with E-state index < -0.39 is 11.2 Å². The number of aromatic nitrogens is 2. The zero-order chi connectivity index (χ0) is 29.0. The molecule has 40 heavy (non-hydrogen) atoms. The lowest BCUT2D eigenvalue weighted by Gasteiger charge is -2.38.